The summed E-state index contributed by atoms with van der Waals surface area (Å²) < 4.78 is 24.4. The van der Waals surface area contributed by atoms with Crippen LogP contribution in [0.25, 0.3) is 10.4 Å². The zero-order valence-electron chi connectivity index (χ0n) is 24.0. The van der Waals surface area contributed by atoms with E-state index in [-0.39, 0.29) is 36.9 Å². The van der Waals surface area contributed by atoms with Crippen LogP contribution in [0.2, 0.25) is 5.04 Å². The van der Waals surface area contributed by atoms with Crippen LogP contribution >= 0.6 is 0 Å². The number of rotatable bonds is 13. The highest BCUT2D eigenvalue weighted by molar-refractivity contribution is 6.99. The highest BCUT2D eigenvalue weighted by Gasteiger charge is 2.53. The van der Waals surface area contributed by atoms with Gasteiger partial charge in [-0.1, -0.05) is 92.6 Å². The van der Waals surface area contributed by atoms with E-state index in [0.29, 0.717) is 0 Å². The number of Topliss-reactive ketones (excluding diaryl/α,β-unsaturated/α-hetero) is 1. The molecule has 1 saturated heterocycles. The lowest BCUT2D eigenvalue weighted by Crippen LogP contribution is -2.68. The minimum Gasteiger partial charge on any atom is -0.459 e. The summed E-state index contributed by atoms with van der Waals surface area (Å²) in [5.41, 5.74) is 9.23. The van der Waals surface area contributed by atoms with Gasteiger partial charge in [-0.3, -0.25) is 4.79 Å². The Morgan fingerprint density at radius 2 is 1.68 bits per heavy atom. The van der Waals surface area contributed by atoms with Gasteiger partial charge in [0.1, 0.15) is 30.1 Å². The smallest absolute Gasteiger partial charge is 0.306 e. The molecule has 0 radical (unpaired) electrons. The van der Waals surface area contributed by atoms with Crippen LogP contribution < -0.4 is 10.4 Å². The molecule has 0 amide bonds. The Hall–Kier alpha value is -3.31. The van der Waals surface area contributed by atoms with E-state index in [1.165, 1.54) is 13.0 Å². The molecule has 0 saturated carbocycles. The van der Waals surface area contributed by atoms with Gasteiger partial charge < -0.3 is 28.5 Å². The van der Waals surface area contributed by atoms with Gasteiger partial charge in [0.25, 0.3) is 8.32 Å². The van der Waals surface area contributed by atoms with Crippen LogP contribution in [0, 0.1) is 0 Å². The normalized spacial score (nSPS) is 22.8. The van der Waals surface area contributed by atoms with Crippen molar-refractivity contribution in [3.8, 4) is 0 Å². The maximum absolute atomic E-state index is 12.6. The molecule has 3 rings (SSSR count). The maximum atomic E-state index is 12.6. The summed E-state index contributed by atoms with van der Waals surface area (Å²) >= 11 is 0. The lowest BCUT2D eigenvalue weighted by Gasteiger charge is -2.46. The molecule has 41 heavy (non-hydrogen) atoms. The second kappa shape index (κ2) is 14.5. The second-order valence-electron chi connectivity index (χ2n) is 11.0. The number of hydrogen-bond donors (Lipinski definition) is 1. The Morgan fingerprint density at radius 1 is 1.10 bits per heavy atom. The van der Waals surface area contributed by atoms with Gasteiger partial charge >= 0.3 is 5.97 Å². The average Bonchev–Trinajstić information content (AvgIpc) is 2.95. The summed E-state index contributed by atoms with van der Waals surface area (Å²) in [5.74, 6) is -0.886. The molecule has 0 bridgehead atoms. The molecule has 11 heteroatoms. The fourth-order valence-corrected chi connectivity index (χ4v) is 9.69. The van der Waals surface area contributed by atoms with Crippen LogP contribution in [-0.4, -0.2) is 69.0 Å². The predicted octanol–water partition coefficient (Wildman–Crippen LogP) is 3.81. The zero-order valence-corrected chi connectivity index (χ0v) is 25.0. The molecule has 0 spiro atoms. The first-order valence-electron chi connectivity index (χ1n) is 13.6. The van der Waals surface area contributed by atoms with Crippen molar-refractivity contribution < 1.29 is 33.3 Å². The van der Waals surface area contributed by atoms with Crippen molar-refractivity contribution in [3.05, 3.63) is 83.8 Å². The third-order valence-corrected chi connectivity index (χ3v) is 12.0. The molecule has 1 N–H and O–H groups in total. The molecule has 1 aliphatic heterocycles. The van der Waals surface area contributed by atoms with Crippen molar-refractivity contribution >= 4 is 30.4 Å². The van der Waals surface area contributed by atoms with E-state index in [2.05, 4.69) is 61.6 Å². The van der Waals surface area contributed by atoms with Gasteiger partial charge in [0.15, 0.2) is 6.29 Å². The molecule has 1 heterocycles. The largest absolute Gasteiger partial charge is 0.459 e. The fourth-order valence-electron chi connectivity index (χ4n) is 5.12. The number of nitrogens with zero attached hydrogens (tertiary/aromatic N) is 3. The van der Waals surface area contributed by atoms with E-state index in [0.717, 1.165) is 10.4 Å². The van der Waals surface area contributed by atoms with Crippen molar-refractivity contribution in [2.45, 2.75) is 76.2 Å². The third-order valence-electron chi connectivity index (χ3n) is 7.03. The highest BCUT2D eigenvalue weighted by atomic mass is 28.4. The second-order valence-corrected chi connectivity index (χ2v) is 15.3. The van der Waals surface area contributed by atoms with Gasteiger partial charge in [-0.2, -0.15) is 0 Å². The summed E-state index contributed by atoms with van der Waals surface area (Å²) in [6, 6.07) is 18.8. The first kappa shape index (κ1) is 32.2. The Morgan fingerprint density at radius 3 is 2.17 bits per heavy atom. The van der Waals surface area contributed by atoms with Gasteiger partial charge in [0.05, 0.1) is 19.6 Å². The monoisotopic (exact) mass is 581 g/mol. The Kier molecular flexibility index (Phi) is 11.4. The van der Waals surface area contributed by atoms with Crippen molar-refractivity contribution in [1.82, 2.24) is 0 Å². The molecular formula is C30H39N3O7Si. The van der Waals surface area contributed by atoms with E-state index < -0.39 is 44.9 Å². The molecule has 1 fully saturated rings. The molecule has 1 aliphatic rings. The number of ether oxygens (including phenoxy) is 3. The van der Waals surface area contributed by atoms with Crippen LogP contribution in [0.3, 0.4) is 0 Å². The molecule has 2 aromatic carbocycles. The number of carbonyl (C=O) groups excluding carboxylic acids is 2. The number of benzene rings is 2. The number of hydrogen-bond acceptors (Lipinski definition) is 8. The number of azide groups is 1. The van der Waals surface area contributed by atoms with E-state index >= 15 is 0 Å². The maximum Gasteiger partial charge on any atom is 0.306 e. The van der Waals surface area contributed by atoms with Crippen LogP contribution in [-0.2, 0) is 28.2 Å². The van der Waals surface area contributed by atoms with Crippen molar-refractivity contribution in [2.24, 2.45) is 5.11 Å². The molecule has 10 nitrogen and oxygen atoms in total. The van der Waals surface area contributed by atoms with Gasteiger partial charge in [0.2, 0.25) is 0 Å². The molecule has 5 atom stereocenters. The zero-order chi connectivity index (χ0) is 30.0. The van der Waals surface area contributed by atoms with Crippen molar-refractivity contribution in [2.75, 3.05) is 13.2 Å². The summed E-state index contributed by atoms with van der Waals surface area (Å²) in [4.78, 5) is 26.9. The number of aliphatic hydroxyl groups is 1. The number of carbonyl (C=O) groups is 2. The van der Waals surface area contributed by atoms with Crippen molar-refractivity contribution in [1.29, 1.82) is 0 Å². The van der Waals surface area contributed by atoms with Gasteiger partial charge in [-0.25, -0.2) is 0 Å². The van der Waals surface area contributed by atoms with Crippen LogP contribution in [0.1, 0.15) is 40.5 Å². The van der Waals surface area contributed by atoms with E-state index in [4.69, 9.17) is 18.6 Å². The Bertz CT molecular complexity index is 1180. The van der Waals surface area contributed by atoms with Crippen molar-refractivity contribution in [3.63, 3.8) is 0 Å². The van der Waals surface area contributed by atoms with E-state index in [1.807, 2.05) is 36.4 Å². The Labute approximate surface area is 242 Å². The first-order valence-corrected chi connectivity index (χ1v) is 15.5. The molecule has 220 valence electrons. The highest BCUT2D eigenvalue weighted by Crippen LogP contribution is 2.38. The summed E-state index contributed by atoms with van der Waals surface area (Å²) in [7, 11) is -3.00. The quantitative estimate of drug-likeness (QED) is 0.0947. The van der Waals surface area contributed by atoms with Gasteiger partial charge in [-0.05, 0) is 27.9 Å². The predicted molar refractivity (Wildman–Crippen MR) is 157 cm³/mol. The third kappa shape index (κ3) is 7.71. The summed E-state index contributed by atoms with van der Waals surface area (Å²) in [6.45, 7) is 11.4. The van der Waals surface area contributed by atoms with Gasteiger partial charge in [0, 0.05) is 11.3 Å². The fraction of sp³-hybridized carbons (Fsp3) is 0.467. The SMILES string of the molecule is C=CCO[C@@H]1O[C@H](CO[Si](c2ccccc2)(c2ccccc2)C(C)(C)C)[C@@H](O)[C@H](OC(=O)CCC(C)=O)[C@H]1N=[N+]=[N-]. The molecule has 0 unspecified atom stereocenters. The topological polar surface area (TPSA) is 140 Å². The summed E-state index contributed by atoms with van der Waals surface area (Å²) in [5, 5.41) is 16.9. The van der Waals surface area contributed by atoms with E-state index in [1.54, 1.807) is 0 Å². The number of aliphatic hydroxyl groups excluding tert-OH is 1. The summed E-state index contributed by atoms with van der Waals surface area (Å²) in [6.07, 6.45) is -3.53. The average molecular weight is 582 g/mol. The minimum atomic E-state index is -3.00. The lowest BCUT2D eigenvalue weighted by molar-refractivity contribution is -0.265. The first-order chi connectivity index (χ1) is 19.5. The number of ketones is 1. The van der Waals surface area contributed by atoms with Crippen LogP contribution in [0.4, 0.5) is 0 Å². The molecule has 0 aromatic heterocycles. The molecule has 0 aliphatic carbocycles. The standard InChI is InChI=1S/C30H39N3O7Si/c1-6-19-37-29-26(32-33-31)28(40-25(35)18-17-21(2)34)27(36)24(39-29)20-38-41(30(3,4)5,22-13-9-7-10-14-22)23-15-11-8-12-16-23/h6-16,24,26-29,36H,1,17-20H2,2-5H3/t24-,26-,27-,28-,29-/m1/s1. The minimum absolute atomic E-state index is 0.0128. The van der Waals surface area contributed by atoms with E-state index in [9.17, 15) is 20.2 Å². The van der Waals surface area contributed by atoms with Crippen LogP contribution in [0.5, 0.6) is 0 Å². The molecule has 2 aromatic rings. The lowest BCUT2D eigenvalue weighted by atomic mass is 9.97. The number of esters is 1. The van der Waals surface area contributed by atoms with Crippen LogP contribution in [0.15, 0.2) is 78.4 Å². The molecular weight excluding hydrogens is 542 g/mol. The Balaban J connectivity index is 2.00. The van der Waals surface area contributed by atoms with Gasteiger partial charge in [-0.15, -0.1) is 6.58 Å².